The van der Waals surface area contributed by atoms with E-state index in [0.29, 0.717) is 6.61 Å². The van der Waals surface area contributed by atoms with Gasteiger partial charge in [0.2, 0.25) is 0 Å². The molecule has 0 aliphatic carbocycles. The Morgan fingerprint density at radius 2 is 1.41 bits per heavy atom. The molecule has 2 heteroatoms. The van der Waals surface area contributed by atoms with Crippen LogP contribution >= 0.6 is 0 Å². The second kappa shape index (κ2) is 10.2. The minimum atomic E-state index is -0.773. The van der Waals surface area contributed by atoms with Gasteiger partial charge in [-0.3, -0.25) is 0 Å². The van der Waals surface area contributed by atoms with Gasteiger partial charge in [-0.2, -0.15) is 0 Å². The van der Waals surface area contributed by atoms with Gasteiger partial charge in [-0.15, -0.1) is 0 Å². The molecule has 1 aromatic rings. The molecule has 17 heavy (non-hydrogen) atoms. The lowest BCUT2D eigenvalue weighted by Gasteiger charge is -2.17. The zero-order valence-corrected chi connectivity index (χ0v) is 12.4. The van der Waals surface area contributed by atoms with Crippen molar-refractivity contribution in [1.29, 1.82) is 0 Å². The molecule has 0 aliphatic heterocycles. The van der Waals surface area contributed by atoms with E-state index in [1.807, 2.05) is 58.9 Å². The van der Waals surface area contributed by atoms with Crippen molar-refractivity contribution < 1.29 is 9.84 Å². The van der Waals surface area contributed by atoms with Gasteiger partial charge >= 0.3 is 0 Å². The van der Waals surface area contributed by atoms with Crippen molar-refractivity contribution in [3.05, 3.63) is 29.8 Å². The third kappa shape index (κ3) is 11.2. The number of rotatable bonds is 3. The lowest BCUT2D eigenvalue weighted by Crippen LogP contribution is -2.27. The highest BCUT2D eigenvalue weighted by Gasteiger charge is 2.12. The molecule has 0 amide bonds. The summed E-state index contributed by atoms with van der Waals surface area (Å²) in [6.07, 6.45) is 0. The Morgan fingerprint density at radius 3 is 1.76 bits per heavy atom. The Labute approximate surface area is 107 Å². The number of hydrogen-bond acceptors (Lipinski definition) is 2. The van der Waals surface area contributed by atoms with E-state index in [9.17, 15) is 5.11 Å². The van der Waals surface area contributed by atoms with Crippen molar-refractivity contribution in [1.82, 2.24) is 0 Å². The highest BCUT2D eigenvalue weighted by Crippen LogP contribution is 2.13. The van der Waals surface area contributed by atoms with Crippen LogP contribution < -0.4 is 4.74 Å². The van der Waals surface area contributed by atoms with Crippen LogP contribution in [0.15, 0.2) is 24.3 Å². The van der Waals surface area contributed by atoms with E-state index in [0.717, 1.165) is 5.75 Å². The Balaban J connectivity index is 0. The summed E-state index contributed by atoms with van der Waals surface area (Å²) in [6, 6.07) is 7.78. The molecule has 0 heterocycles. The first-order chi connectivity index (χ1) is 7.97. The van der Waals surface area contributed by atoms with Gasteiger partial charge in [0.1, 0.15) is 12.4 Å². The first-order valence-corrected chi connectivity index (χ1v) is 6.39. The molecule has 0 fully saturated rings. The van der Waals surface area contributed by atoms with E-state index in [2.05, 4.69) is 0 Å². The molecule has 0 bridgehead atoms. The van der Waals surface area contributed by atoms with Gasteiger partial charge in [0, 0.05) is 0 Å². The topological polar surface area (TPSA) is 29.5 Å². The minimum absolute atomic E-state index is 0.316. The van der Waals surface area contributed by atoms with E-state index in [1.54, 1.807) is 13.8 Å². The van der Waals surface area contributed by atoms with Crippen LogP contribution in [0, 0.1) is 6.92 Å². The normalized spacial score (nSPS) is 9.41. The molecule has 0 radical (unpaired) electrons. The quantitative estimate of drug-likeness (QED) is 0.858. The van der Waals surface area contributed by atoms with Crippen LogP contribution in [0.2, 0.25) is 0 Å². The molecular weight excluding hydrogens is 212 g/mol. The first kappa shape index (κ1) is 18.3. The minimum Gasteiger partial charge on any atom is -0.491 e. The Kier molecular flexibility index (Phi) is 11.0. The Hall–Kier alpha value is -1.02. The summed E-state index contributed by atoms with van der Waals surface area (Å²) in [6.45, 7) is 13.8. The van der Waals surface area contributed by atoms with E-state index in [-0.39, 0.29) is 0 Å². The average molecular weight is 240 g/mol. The maximum atomic E-state index is 9.41. The van der Waals surface area contributed by atoms with Gasteiger partial charge in [-0.25, -0.2) is 0 Å². The standard InChI is InChI=1S/C11H16O2.2C2H6/c1-9-4-6-10(7-5-9)13-8-11(2,3)12;2*1-2/h4-7,12H,8H2,1-3H3;2*1-2H3. The van der Waals surface area contributed by atoms with Gasteiger partial charge in [0.25, 0.3) is 0 Å². The van der Waals surface area contributed by atoms with Crippen LogP contribution in [0.25, 0.3) is 0 Å². The average Bonchev–Trinajstić information content (AvgIpc) is 2.33. The highest BCUT2D eigenvalue weighted by molar-refractivity contribution is 5.26. The second-order valence-electron chi connectivity index (χ2n) is 3.91. The zero-order chi connectivity index (χ0) is 13.9. The van der Waals surface area contributed by atoms with Crippen molar-refractivity contribution in [3.8, 4) is 5.75 Å². The van der Waals surface area contributed by atoms with E-state index in [1.165, 1.54) is 5.56 Å². The molecule has 0 atom stereocenters. The molecule has 0 saturated heterocycles. The van der Waals surface area contributed by atoms with E-state index >= 15 is 0 Å². The molecule has 0 saturated carbocycles. The van der Waals surface area contributed by atoms with Crippen molar-refractivity contribution >= 4 is 0 Å². The SMILES string of the molecule is CC.CC.Cc1ccc(OCC(C)(C)O)cc1. The smallest absolute Gasteiger partial charge is 0.119 e. The Bertz CT molecular complexity index is 257. The molecule has 1 aromatic carbocycles. The van der Waals surface area contributed by atoms with Crippen LogP contribution in [0.1, 0.15) is 47.1 Å². The summed E-state index contributed by atoms with van der Waals surface area (Å²) in [5.41, 5.74) is 0.431. The predicted molar refractivity (Wildman–Crippen MR) is 75.7 cm³/mol. The maximum absolute atomic E-state index is 9.41. The molecule has 2 nitrogen and oxygen atoms in total. The largest absolute Gasteiger partial charge is 0.491 e. The molecule has 0 unspecified atom stereocenters. The van der Waals surface area contributed by atoms with E-state index < -0.39 is 5.60 Å². The highest BCUT2D eigenvalue weighted by atomic mass is 16.5. The van der Waals surface area contributed by atoms with Gasteiger partial charge in [0.05, 0.1) is 5.60 Å². The monoisotopic (exact) mass is 240 g/mol. The molecule has 0 aromatic heterocycles. The number of hydrogen-bond donors (Lipinski definition) is 1. The fourth-order valence-corrected chi connectivity index (χ4v) is 0.894. The third-order valence-electron chi connectivity index (χ3n) is 1.61. The second-order valence-corrected chi connectivity index (χ2v) is 3.91. The summed E-state index contributed by atoms with van der Waals surface area (Å²) >= 11 is 0. The van der Waals surface area contributed by atoms with Crippen LogP contribution in [0.3, 0.4) is 0 Å². The number of aryl methyl sites for hydroxylation is 1. The third-order valence-corrected chi connectivity index (χ3v) is 1.61. The fourth-order valence-electron chi connectivity index (χ4n) is 0.894. The summed E-state index contributed by atoms with van der Waals surface area (Å²) in [5.74, 6) is 0.799. The van der Waals surface area contributed by atoms with Gasteiger partial charge in [-0.1, -0.05) is 45.4 Å². The van der Waals surface area contributed by atoms with Gasteiger partial charge < -0.3 is 9.84 Å². The van der Waals surface area contributed by atoms with Crippen LogP contribution in [0.5, 0.6) is 5.75 Å². The van der Waals surface area contributed by atoms with Crippen molar-refractivity contribution in [2.24, 2.45) is 0 Å². The summed E-state index contributed by atoms with van der Waals surface area (Å²) in [4.78, 5) is 0. The predicted octanol–water partition coefficient (Wildman–Crippen LogP) is 4.20. The van der Waals surface area contributed by atoms with Crippen LogP contribution in [-0.2, 0) is 0 Å². The van der Waals surface area contributed by atoms with Crippen LogP contribution in [0.4, 0.5) is 0 Å². The molecule has 100 valence electrons. The fraction of sp³-hybridized carbons (Fsp3) is 0.600. The first-order valence-electron chi connectivity index (χ1n) is 6.39. The number of ether oxygens (including phenoxy) is 1. The molecule has 1 rings (SSSR count). The lowest BCUT2D eigenvalue weighted by molar-refractivity contribution is 0.0285. The number of benzene rings is 1. The zero-order valence-electron chi connectivity index (χ0n) is 12.4. The van der Waals surface area contributed by atoms with Gasteiger partial charge in [0.15, 0.2) is 0 Å². The van der Waals surface area contributed by atoms with Crippen molar-refractivity contribution in [2.75, 3.05) is 6.61 Å². The molecule has 0 aliphatic rings. The molecule has 0 spiro atoms. The van der Waals surface area contributed by atoms with Crippen LogP contribution in [-0.4, -0.2) is 17.3 Å². The maximum Gasteiger partial charge on any atom is 0.119 e. The van der Waals surface area contributed by atoms with Gasteiger partial charge in [-0.05, 0) is 32.9 Å². The Morgan fingerprint density at radius 1 is 1.00 bits per heavy atom. The number of aliphatic hydroxyl groups is 1. The summed E-state index contributed by atoms with van der Waals surface area (Å²) in [7, 11) is 0. The van der Waals surface area contributed by atoms with Crippen molar-refractivity contribution in [2.45, 2.75) is 54.1 Å². The molecule has 1 N–H and O–H groups in total. The van der Waals surface area contributed by atoms with E-state index in [4.69, 9.17) is 4.74 Å². The lowest BCUT2D eigenvalue weighted by atomic mass is 10.2. The van der Waals surface area contributed by atoms with Crippen molar-refractivity contribution in [3.63, 3.8) is 0 Å². The summed E-state index contributed by atoms with van der Waals surface area (Å²) in [5, 5.41) is 9.41. The molecular formula is C15H28O2. The summed E-state index contributed by atoms with van der Waals surface area (Å²) < 4.78 is 5.38.